The van der Waals surface area contributed by atoms with Gasteiger partial charge in [0.25, 0.3) is 0 Å². The van der Waals surface area contributed by atoms with E-state index in [1.807, 2.05) is 37.4 Å². The third-order valence-corrected chi connectivity index (χ3v) is 4.96. The predicted octanol–water partition coefficient (Wildman–Crippen LogP) is 3.98. The zero-order chi connectivity index (χ0) is 15.5. The summed E-state index contributed by atoms with van der Waals surface area (Å²) in [5.41, 5.74) is 2.59. The molecule has 4 heteroatoms. The molecule has 1 aliphatic heterocycles. The second-order valence-electron chi connectivity index (χ2n) is 6.67. The van der Waals surface area contributed by atoms with Crippen LogP contribution in [0.4, 0.5) is 4.79 Å². The Morgan fingerprint density at radius 2 is 2.00 bits per heavy atom. The van der Waals surface area contributed by atoms with Crippen LogP contribution < -0.4 is 5.32 Å². The highest BCUT2D eigenvalue weighted by Crippen LogP contribution is 2.35. The molecule has 1 aromatic carbocycles. The van der Waals surface area contributed by atoms with Crippen LogP contribution >= 0.6 is 11.8 Å². The van der Waals surface area contributed by atoms with Gasteiger partial charge in [0.1, 0.15) is 0 Å². The predicted molar refractivity (Wildman–Crippen MR) is 90.9 cm³/mol. The topological polar surface area (TPSA) is 32.3 Å². The van der Waals surface area contributed by atoms with Gasteiger partial charge in [-0.15, -0.1) is 0 Å². The first-order chi connectivity index (χ1) is 9.87. The van der Waals surface area contributed by atoms with Crippen LogP contribution in [0.2, 0.25) is 0 Å². The molecule has 0 bridgehead atoms. The summed E-state index contributed by atoms with van der Waals surface area (Å²) >= 11 is 1.97. The Balaban J connectivity index is 1.99. The van der Waals surface area contributed by atoms with Gasteiger partial charge in [0.05, 0.1) is 0 Å². The Morgan fingerprint density at radius 3 is 2.67 bits per heavy atom. The molecule has 2 amide bonds. The summed E-state index contributed by atoms with van der Waals surface area (Å²) < 4.78 is 0. The van der Waals surface area contributed by atoms with E-state index in [1.54, 1.807) is 0 Å². The Kier molecular flexibility index (Phi) is 5.20. The minimum atomic E-state index is -0.175. The maximum Gasteiger partial charge on any atom is 0.317 e. The summed E-state index contributed by atoms with van der Waals surface area (Å²) in [6.45, 7) is 9.89. The molecular formula is C17H26N2OS. The van der Waals surface area contributed by atoms with Gasteiger partial charge in [-0.1, -0.05) is 24.3 Å². The fourth-order valence-electron chi connectivity index (χ4n) is 2.57. The lowest BCUT2D eigenvalue weighted by Crippen LogP contribution is -2.49. The number of amides is 2. The zero-order valence-electron chi connectivity index (χ0n) is 13.5. The molecule has 116 valence electrons. The molecule has 0 spiro atoms. The fraction of sp³-hybridized carbons (Fsp3) is 0.588. The van der Waals surface area contributed by atoms with Crippen LogP contribution in [0.5, 0.6) is 0 Å². The first kappa shape index (κ1) is 16.2. The molecule has 21 heavy (non-hydrogen) atoms. The molecule has 0 aromatic heterocycles. The molecule has 0 saturated carbocycles. The van der Waals surface area contributed by atoms with Gasteiger partial charge < -0.3 is 10.2 Å². The largest absolute Gasteiger partial charge is 0.333 e. The number of urea groups is 1. The molecule has 1 unspecified atom stereocenters. The first-order valence-corrected chi connectivity index (χ1v) is 8.66. The van der Waals surface area contributed by atoms with Crippen molar-refractivity contribution in [3.8, 4) is 0 Å². The summed E-state index contributed by atoms with van der Waals surface area (Å²) in [7, 11) is 0. The number of nitrogens with zero attached hydrogens (tertiary/aromatic N) is 1. The second kappa shape index (κ2) is 6.73. The van der Waals surface area contributed by atoms with E-state index in [0.29, 0.717) is 5.25 Å². The molecule has 1 heterocycles. The normalized spacial score (nSPS) is 20.0. The third kappa shape index (κ3) is 4.67. The fourth-order valence-corrected chi connectivity index (χ4v) is 3.90. The number of carbonyl (C=O) groups is 1. The molecule has 1 aromatic rings. The highest BCUT2D eigenvalue weighted by molar-refractivity contribution is 7.99. The Morgan fingerprint density at radius 1 is 1.29 bits per heavy atom. The molecule has 0 aliphatic carbocycles. The van der Waals surface area contributed by atoms with E-state index in [0.717, 1.165) is 25.3 Å². The average Bonchev–Trinajstić information content (AvgIpc) is 2.63. The average molecular weight is 306 g/mol. The number of rotatable bonds is 1. The number of nitrogens with one attached hydrogen (secondary N) is 1. The van der Waals surface area contributed by atoms with E-state index < -0.39 is 0 Å². The van der Waals surface area contributed by atoms with Crippen LogP contribution in [-0.2, 0) is 0 Å². The summed E-state index contributed by atoms with van der Waals surface area (Å²) in [6.07, 6.45) is 1.02. The van der Waals surface area contributed by atoms with Crippen LogP contribution in [0.1, 0.15) is 43.6 Å². The van der Waals surface area contributed by atoms with Crippen LogP contribution in [0, 0.1) is 6.92 Å². The Bertz CT molecular complexity index is 496. The van der Waals surface area contributed by atoms with E-state index in [2.05, 4.69) is 36.5 Å². The van der Waals surface area contributed by atoms with Crippen molar-refractivity contribution < 1.29 is 4.79 Å². The molecule has 1 fully saturated rings. The van der Waals surface area contributed by atoms with Crippen molar-refractivity contribution in [2.75, 3.05) is 18.8 Å². The van der Waals surface area contributed by atoms with Gasteiger partial charge in [0.2, 0.25) is 0 Å². The number of aryl methyl sites for hydroxylation is 1. The van der Waals surface area contributed by atoms with Crippen LogP contribution in [0.25, 0.3) is 0 Å². The van der Waals surface area contributed by atoms with E-state index in [4.69, 9.17) is 0 Å². The van der Waals surface area contributed by atoms with Crippen molar-refractivity contribution in [1.29, 1.82) is 0 Å². The van der Waals surface area contributed by atoms with Crippen molar-refractivity contribution in [3.05, 3.63) is 35.4 Å². The summed E-state index contributed by atoms with van der Waals surface area (Å²) in [6, 6.07) is 8.65. The maximum absolute atomic E-state index is 12.3. The van der Waals surface area contributed by atoms with Gasteiger partial charge in [-0.25, -0.2) is 4.79 Å². The minimum Gasteiger partial charge on any atom is -0.333 e. The van der Waals surface area contributed by atoms with E-state index in [-0.39, 0.29) is 11.6 Å². The van der Waals surface area contributed by atoms with Crippen molar-refractivity contribution in [1.82, 2.24) is 10.2 Å². The SMILES string of the molecule is Cc1ccccc1C1CCN(C(=O)NC(C)(C)C)CCS1. The Labute approximate surface area is 132 Å². The molecular weight excluding hydrogens is 280 g/mol. The summed E-state index contributed by atoms with van der Waals surface area (Å²) in [5.74, 6) is 0.997. The van der Waals surface area contributed by atoms with E-state index in [1.165, 1.54) is 11.1 Å². The number of thioether (sulfide) groups is 1. The highest BCUT2D eigenvalue weighted by Gasteiger charge is 2.24. The van der Waals surface area contributed by atoms with Crippen molar-refractivity contribution >= 4 is 17.8 Å². The van der Waals surface area contributed by atoms with Crippen LogP contribution in [0.3, 0.4) is 0 Å². The number of hydrogen-bond acceptors (Lipinski definition) is 2. The van der Waals surface area contributed by atoms with Gasteiger partial charge in [0, 0.05) is 29.6 Å². The van der Waals surface area contributed by atoms with Crippen LogP contribution in [0.15, 0.2) is 24.3 Å². The molecule has 1 aliphatic rings. The van der Waals surface area contributed by atoms with Gasteiger partial charge >= 0.3 is 6.03 Å². The lowest BCUT2D eigenvalue weighted by atomic mass is 10.0. The molecule has 1 atom stereocenters. The highest BCUT2D eigenvalue weighted by atomic mass is 32.2. The summed E-state index contributed by atoms with van der Waals surface area (Å²) in [5, 5.41) is 3.56. The van der Waals surface area contributed by atoms with Gasteiger partial charge in [-0.2, -0.15) is 11.8 Å². The smallest absolute Gasteiger partial charge is 0.317 e. The van der Waals surface area contributed by atoms with E-state index >= 15 is 0 Å². The molecule has 1 N–H and O–H groups in total. The van der Waals surface area contributed by atoms with Crippen molar-refractivity contribution in [2.45, 2.75) is 44.9 Å². The standard InChI is InChI=1S/C17H26N2OS/c1-13-7-5-6-8-14(13)15-9-10-19(11-12-21-15)16(20)18-17(2,3)4/h5-8,15H,9-12H2,1-4H3,(H,18,20). The molecule has 3 nitrogen and oxygen atoms in total. The van der Waals surface area contributed by atoms with Gasteiger partial charge in [-0.3, -0.25) is 0 Å². The number of benzene rings is 1. The third-order valence-electron chi connectivity index (χ3n) is 3.65. The van der Waals surface area contributed by atoms with Gasteiger partial charge in [-0.05, 0) is 45.2 Å². The molecule has 0 radical (unpaired) electrons. The monoisotopic (exact) mass is 306 g/mol. The van der Waals surface area contributed by atoms with Crippen molar-refractivity contribution in [2.24, 2.45) is 0 Å². The van der Waals surface area contributed by atoms with Crippen molar-refractivity contribution in [3.63, 3.8) is 0 Å². The lowest BCUT2D eigenvalue weighted by Gasteiger charge is -2.27. The minimum absolute atomic E-state index is 0.0635. The first-order valence-electron chi connectivity index (χ1n) is 7.61. The zero-order valence-corrected chi connectivity index (χ0v) is 14.3. The number of carbonyl (C=O) groups excluding carboxylic acids is 1. The number of hydrogen-bond donors (Lipinski definition) is 1. The van der Waals surface area contributed by atoms with E-state index in [9.17, 15) is 4.79 Å². The molecule has 1 saturated heterocycles. The second-order valence-corrected chi connectivity index (χ2v) is 7.98. The lowest BCUT2D eigenvalue weighted by molar-refractivity contribution is 0.192. The maximum atomic E-state index is 12.3. The Hall–Kier alpha value is -1.16. The summed E-state index contributed by atoms with van der Waals surface area (Å²) in [4.78, 5) is 14.2. The van der Waals surface area contributed by atoms with Gasteiger partial charge in [0.15, 0.2) is 0 Å². The quantitative estimate of drug-likeness (QED) is 0.851. The van der Waals surface area contributed by atoms with Crippen LogP contribution in [-0.4, -0.2) is 35.3 Å². The molecule has 2 rings (SSSR count).